The largest absolute Gasteiger partial charge is 0.507 e. The van der Waals surface area contributed by atoms with Crippen molar-refractivity contribution in [2.45, 2.75) is 0 Å². The van der Waals surface area contributed by atoms with Gasteiger partial charge in [-0.05, 0) is 41.1 Å². The predicted octanol–water partition coefficient (Wildman–Crippen LogP) is 4.18. The van der Waals surface area contributed by atoms with E-state index in [4.69, 9.17) is 4.42 Å². The molecule has 1 aromatic heterocycles. The van der Waals surface area contributed by atoms with Crippen LogP contribution in [0, 0.1) is 0 Å². The van der Waals surface area contributed by atoms with E-state index in [0.29, 0.717) is 16.5 Å². The molecule has 6 nitrogen and oxygen atoms in total. The minimum Gasteiger partial charge on any atom is -0.507 e. The Hall–Kier alpha value is -3.45. The molecule has 0 saturated carbocycles. The van der Waals surface area contributed by atoms with Gasteiger partial charge in [0.1, 0.15) is 16.9 Å². The highest BCUT2D eigenvalue weighted by Gasteiger charge is 2.13. The number of fused-ring (bicyclic) bond motifs is 2. The van der Waals surface area contributed by atoms with Crippen LogP contribution in [0.3, 0.4) is 0 Å². The maximum atomic E-state index is 12.4. The lowest BCUT2D eigenvalue weighted by molar-refractivity contribution is 0.0951. The van der Waals surface area contributed by atoms with Gasteiger partial charge in [0, 0.05) is 15.4 Å². The highest BCUT2D eigenvalue weighted by molar-refractivity contribution is 9.10. The first-order valence-corrected chi connectivity index (χ1v) is 9.10. The van der Waals surface area contributed by atoms with Crippen molar-refractivity contribution >= 4 is 49.8 Å². The molecule has 0 unspecified atom stereocenters. The van der Waals surface area contributed by atoms with Crippen molar-refractivity contribution in [1.29, 1.82) is 0 Å². The molecule has 0 atom stereocenters. The summed E-state index contributed by atoms with van der Waals surface area (Å²) in [4.78, 5) is 24.5. The van der Waals surface area contributed by atoms with Crippen molar-refractivity contribution < 1.29 is 14.3 Å². The maximum Gasteiger partial charge on any atom is 0.349 e. The van der Waals surface area contributed by atoms with Gasteiger partial charge in [0.15, 0.2) is 0 Å². The van der Waals surface area contributed by atoms with Gasteiger partial charge in [-0.2, -0.15) is 5.10 Å². The number of phenolic OH excluding ortho intramolecular Hbond substituents is 1. The summed E-state index contributed by atoms with van der Waals surface area (Å²) in [5, 5.41) is 16.3. The zero-order valence-electron chi connectivity index (χ0n) is 14.3. The molecule has 1 heterocycles. The first-order chi connectivity index (χ1) is 13.5. The molecule has 138 valence electrons. The molecule has 0 spiro atoms. The summed E-state index contributed by atoms with van der Waals surface area (Å²) in [7, 11) is 0. The third-order valence-electron chi connectivity index (χ3n) is 4.25. The molecule has 0 saturated heterocycles. The SMILES string of the molecule is O=C(N/N=C/c1c(O)ccc2ccccc12)c1cc2cc(Br)ccc2oc1=O. The fourth-order valence-corrected chi connectivity index (χ4v) is 3.27. The number of carbonyl (C=O) groups excluding carboxylic acids is 1. The number of nitrogens with zero attached hydrogens (tertiary/aromatic N) is 1. The summed E-state index contributed by atoms with van der Waals surface area (Å²) in [6, 6.07) is 17.4. The molecule has 0 fully saturated rings. The summed E-state index contributed by atoms with van der Waals surface area (Å²) >= 11 is 3.34. The van der Waals surface area contributed by atoms with E-state index in [0.717, 1.165) is 15.2 Å². The van der Waals surface area contributed by atoms with Crippen LogP contribution in [0.15, 0.2) is 79.4 Å². The van der Waals surface area contributed by atoms with E-state index in [2.05, 4.69) is 26.5 Å². The first-order valence-electron chi connectivity index (χ1n) is 8.30. The van der Waals surface area contributed by atoms with E-state index in [9.17, 15) is 14.7 Å². The number of hydrogen-bond donors (Lipinski definition) is 2. The lowest BCUT2D eigenvalue weighted by Gasteiger charge is -2.05. The van der Waals surface area contributed by atoms with Crippen molar-refractivity contribution in [3.8, 4) is 5.75 Å². The number of halogens is 1. The van der Waals surface area contributed by atoms with Crippen LogP contribution in [-0.4, -0.2) is 17.2 Å². The number of benzene rings is 3. The Morgan fingerprint density at radius 1 is 1.07 bits per heavy atom. The van der Waals surface area contributed by atoms with Gasteiger partial charge in [0.2, 0.25) is 0 Å². The molecule has 4 aromatic rings. The van der Waals surface area contributed by atoms with Gasteiger partial charge < -0.3 is 9.52 Å². The van der Waals surface area contributed by atoms with Crippen molar-refractivity contribution in [3.05, 3.63) is 86.7 Å². The summed E-state index contributed by atoms with van der Waals surface area (Å²) in [6.45, 7) is 0. The summed E-state index contributed by atoms with van der Waals surface area (Å²) in [5.41, 5.74) is 2.24. The average Bonchev–Trinajstić information content (AvgIpc) is 2.69. The second-order valence-electron chi connectivity index (χ2n) is 6.05. The average molecular weight is 437 g/mol. The molecular weight excluding hydrogens is 424 g/mol. The number of hydrogen-bond acceptors (Lipinski definition) is 5. The third kappa shape index (κ3) is 3.39. The highest BCUT2D eigenvalue weighted by atomic mass is 79.9. The molecule has 4 rings (SSSR count). The minimum absolute atomic E-state index is 0.0340. The van der Waals surface area contributed by atoms with Crippen molar-refractivity contribution in [2.75, 3.05) is 0 Å². The van der Waals surface area contributed by atoms with Crippen LogP contribution in [0.5, 0.6) is 5.75 Å². The van der Waals surface area contributed by atoms with Crippen LogP contribution >= 0.6 is 15.9 Å². The normalized spacial score (nSPS) is 11.3. The van der Waals surface area contributed by atoms with Gasteiger partial charge in [0.05, 0.1) is 6.21 Å². The lowest BCUT2D eigenvalue weighted by atomic mass is 10.0. The van der Waals surface area contributed by atoms with Gasteiger partial charge in [0.25, 0.3) is 5.91 Å². The van der Waals surface area contributed by atoms with Crippen LogP contribution in [0.25, 0.3) is 21.7 Å². The van der Waals surface area contributed by atoms with Crippen molar-refractivity contribution in [3.63, 3.8) is 0 Å². The number of hydrazone groups is 1. The smallest absolute Gasteiger partial charge is 0.349 e. The molecule has 0 radical (unpaired) electrons. The minimum atomic E-state index is -0.754. The van der Waals surface area contributed by atoms with Crippen LogP contribution < -0.4 is 11.1 Å². The quantitative estimate of drug-likeness (QED) is 0.286. The number of aromatic hydroxyl groups is 1. The fourth-order valence-electron chi connectivity index (χ4n) is 2.89. The highest BCUT2D eigenvalue weighted by Crippen LogP contribution is 2.25. The van der Waals surface area contributed by atoms with E-state index in [1.165, 1.54) is 12.3 Å². The lowest BCUT2D eigenvalue weighted by Crippen LogP contribution is -2.24. The molecule has 0 aliphatic rings. The van der Waals surface area contributed by atoms with E-state index in [-0.39, 0.29) is 11.3 Å². The fraction of sp³-hybridized carbons (Fsp3) is 0. The summed E-state index contributed by atoms with van der Waals surface area (Å²) < 4.78 is 5.98. The van der Waals surface area contributed by atoms with E-state index in [1.807, 2.05) is 24.3 Å². The Balaban J connectivity index is 1.63. The van der Waals surface area contributed by atoms with Crippen molar-refractivity contribution in [2.24, 2.45) is 5.10 Å². The second-order valence-corrected chi connectivity index (χ2v) is 6.96. The maximum absolute atomic E-state index is 12.4. The molecule has 3 aromatic carbocycles. The molecule has 7 heteroatoms. The topological polar surface area (TPSA) is 91.9 Å². The number of carbonyl (C=O) groups is 1. The van der Waals surface area contributed by atoms with E-state index < -0.39 is 11.5 Å². The van der Waals surface area contributed by atoms with Gasteiger partial charge in [-0.1, -0.05) is 46.3 Å². The molecule has 0 aliphatic carbocycles. The van der Waals surface area contributed by atoms with E-state index in [1.54, 1.807) is 30.3 Å². The molecule has 0 bridgehead atoms. The van der Waals surface area contributed by atoms with Crippen LogP contribution in [0.4, 0.5) is 0 Å². The number of phenols is 1. The first kappa shape index (κ1) is 17.9. The Kier molecular flexibility index (Phi) is 4.67. The number of rotatable bonds is 3. The Morgan fingerprint density at radius 2 is 1.89 bits per heavy atom. The molecule has 1 amide bonds. The molecule has 0 aliphatic heterocycles. The molecule has 28 heavy (non-hydrogen) atoms. The standard InChI is InChI=1S/C21H13BrN2O4/c22-14-6-8-19-13(9-14)10-16(21(27)28-19)20(26)24-23-11-17-15-4-2-1-3-12(15)5-7-18(17)25/h1-11,25H,(H,24,26)/b23-11+. The Morgan fingerprint density at radius 3 is 2.75 bits per heavy atom. The van der Waals surface area contributed by atoms with Gasteiger partial charge in [-0.3, -0.25) is 4.79 Å². The van der Waals surface area contributed by atoms with Gasteiger partial charge in [-0.25, -0.2) is 10.2 Å². The Labute approximate surface area is 167 Å². The zero-order valence-corrected chi connectivity index (χ0v) is 15.9. The number of amides is 1. The van der Waals surface area contributed by atoms with Crippen LogP contribution in [0.2, 0.25) is 0 Å². The molecular formula is C21H13BrN2O4. The van der Waals surface area contributed by atoms with Crippen LogP contribution in [0.1, 0.15) is 15.9 Å². The predicted molar refractivity (Wildman–Crippen MR) is 111 cm³/mol. The van der Waals surface area contributed by atoms with E-state index >= 15 is 0 Å². The van der Waals surface area contributed by atoms with Gasteiger partial charge >= 0.3 is 5.63 Å². The third-order valence-corrected chi connectivity index (χ3v) is 4.74. The van der Waals surface area contributed by atoms with Crippen molar-refractivity contribution in [1.82, 2.24) is 5.43 Å². The van der Waals surface area contributed by atoms with Gasteiger partial charge in [-0.15, -0.1) is 0 Å². The summed E-state index contributed by atoms with van der Waals surface area (Å²) in [6.07, 6.45) is 1.34. The summed E-state index contributed by atoms with van der Waals surface area (Å²) in [5.74, 6) is -0.668. The zero-order chi connectivity index (χ0) is 19.7. The molecule has 2 N–H and O–H groups in total. The monoisotopic (exact) mass is 436 g/mol. The number of nitrogens with one attached hydrogen (secondary N) is 1. The second kappa shape index (κ2) is 7.28. The van der Waals surface area contributed by atoms with Crippen LogP contribution in [-0.2, 0) is 0 Å². The Bertz CT molecular complexity index is 1310.